The molecule has 2 aromatic rings. The van der Waals surface area contributed by atoms with Crippen LogP contribution in [0.4, 0.5) is 10.3 Å². The van der Waals surface area contributed by atoms with Crippen LogP contribution in [0.15, 0.2) is 12.1 Å². The van der Waals surface area contributed by atoms with Crippen molar-refractivity contribution in [2.75, 3.05) is 19.5 Å². The number of halogens is 1. The van der Waals surface area contributed by atoms with E-state index < -0.39 is 0 Å². The predicted octanol–water partition coefficient (Wildman–Crippen LogP) is 3.33. The van der Waals surface area contributed by atoms with Gasteiger partial charge in [-0.1, -0.05) is 13.8 Å². The molecule has 130 valence electrons. The van der Waals surface area contributed by atoms with Crippen molar-refractivity contribution in [3.63, 3.8) is 0 Å². The third-order valence-electron chi connectivity index (χ3n) is 3.82. The fourth-order valence-electron chi connectivity index (χ4n) is 2.47. The number of ether oxygens (including phenoxy) is 2. The number of nitrogens with zero attached hydrogens (tertiary/aromatic N) is 3. The highest BCUT2D eigenvalue weighted by Gasteiger charge is 2.17. The second kappa shape index (κ2) is 7.90. The van der Waals surface area contributed by atoms with Crippen molar-refractivity contribution < 1.29 is 13.9 Å². The molecule has 0 fully saturated rings. The highest BCUT2D eigenvalue weighted by molar-refractivity contribution is 5.46. The third-order valence-corrected chi connectivity index (χ3v) is 3.82. The van der Waals surface area contributed by atoms with Crippen molar-refractivity contribution in [2.45, 2.75) is 39.7 Å². The van der Waals surface area contributed by atoms with Gasteiger partial charge in [0.05, 0.1) is 31.6 Å². The highest BCUT2D eigenvalue weighted by Crippen LogP contribution is 2.33. The van der Waals surface area contributed by atoms with E-state index in [0.717, 1.165) is 24.2 Å². The van der Waals surface area contributed by atoms with Crippen LogP contribution < -0.4 is 14.8 Å². The Balaban J connectivity index is 2.28. The monoisotopic (exact) mass is 334 g/mol. The van der Waals surface area contributed by atoms with Gasteiger partial charge in [0.25, 0.3) is 0 Å². The number of rotatable bonds is 7. The summed E-state index contributed by atoms with van der Waals surface area (Å²) in [5, 5.41) is 11.4. The Morgan fingerprint density at radius 3 is 2.25 bits per heavy atom. The minimum atomic E-state index is -0.387. The van der Waals surface area contributed by atoms with Crippen molar-refractivity contribution in [1.29, 1.82) is 0 Å². The summed E-state index contributed by atoms with van der Waals surface area (Å²) in [5.74, 6) is 0.814. The van der Waals surface area contributed by atoms with Crippen LogP contribution in [0.25, 0.3) is 0 Å². The largest absolute Gasteiger partial charge is 0.493 e. The van der Waals surface area contributed by atoms with Gasteiger partial charge in [-0.3, -0.25) is 0 Å². The molecule has 0 saturated carbocycles. The first-order chi connectivity index (χ1) is 11.5. The van der Waals surface area contributed by atoms with Crippen molar-refractivity contribution in [3.8, 4) is 11.5 Å². The van der Waals surface area contributed by atoms with Crippen LogP contribution in [0.5, 0.6) is 11.5 Å². The molecule has 0 saturated heterocycles. The molecule has 0 aliphatic rings. The van der Waals surface area contributed by atoms with Gasteiger partial charge in [-0.2, -0.15) is 5.10 Å². The molecule has 0 bridgehead atoms. The molecule has 1 N–H and O–H groups in total. The molecule has 0 aliphatic heterocycles. The fourth-order valence-corrected chi connectivity index (χ4v) is 2.47. The van der Waals surface area contributed by atoms with Crippen LogP contribution in [0.2, 0.25) is 0 Å². The lowest BCUT2D eigenvalue weighted by atomic mass is 10.1. The SMILES string of the molecule is CCc1nnc(NC(C)c2cc(OC)c(OC)cc2F)nc1CC. The van der Waals surface area contributed by atoms with E-state index in [-0.39, 0.29) is 11.9 Å². The maximum absolute atomic E-state index is 14.3. The van der Waals surface area contributed by atoms with Crippen LogP contribution in [-0.2, 0) is 12.8 Å². The Kier molecular flexibility index (Phi) is 5.89. The maximum Gasteiger partial charge on any atom is 0.243 e. The molecule has 1 heterocycles. The van der Waals surface area contributed by atoms with Crippen LogP contribution in [0.3, 0.4) is 0 Å². The van der Waals surface area contributed by atoms with Crippen LogP contribution in [0, 0.1) is 5.82 Å². The number of hydrogen-bond acceptors (Lipinski definition) is 6. The highest BCUT2D eigenvalue weighted by atomic mass is 19.1. The van der Waals surface area contributed by atoms with E-state index in [0.29, 0.717) is 23.0 Å². The van der Waals surface area contributed by atoms with Gasteiger partial charge in [-0.25, -0.2) is 9.37 Å². The van der Waals surface area contributed by atoms with Gasteiger partial charge < -0.3 is 14.8 Å². The van der Waals surface area contributed by atoms with Crippen molar-refractivity contribution in [1.82, 2.24) is 15.2 Å². The molecule has 7 heteroatoms. The van der Waals surface area contributed by atoms with Gasteiger partial charge in [-0.15, -0.1) is 5.10 Å². The van der Waals surface area contributed by atoms with Gasteiger partial charge in [-0.05, 0) is 25.8 Å². The Morgan fingerprint density at radius 2 is 1.67 bits per heavy atom. The zero-order chi connectivity index (χ0) is 17.7. The van der Waals surface area contributed by atoms with Gasteiger partial charge in [0.2, 0.25) is 5.95 Å². The molecule has 6 nitrogen and oxygen atoms in total. The molecule has 0 amide bonds. The average molecular weight is 334 g/mol. The molecule has 0 spiro atoms. The summed E-state index contributed by atoms with van der Waals surface area (Å²) in [6, 6.07) is 2.56. The van der Waals surface area contributed by atoms with E-state index >= 15 is 0 Å². The molecular weight excluding hydrogens is 311 g/mol. The van der Waals surface area contributed by atoms with E-state index in [1.807, 2.05) is 20.8 Å². The molecule has 0 radical (unpaired) electrons. The Morgan fingerprint density at radius 1 is 1.04 bits per heavy atom. The summed E-state index contributed by atoms with van der Waals surface area (Å²) in [4.78, 5) is 4.47. The van der Waals surface area contributed by atoms with Gasteiger partial charge in [0.15, 0.2) is 11.5 Å². The molecule has 24 heavy (non-hydrogen) atoms. The number of anilines is 1. The normalized spacial score (nSPS) is 11.9. The lowest BCUT2D eigenvalue weighted by Gasteiger charge is -2.17. The summed E-state index contributed by atoms with van der Waals surface area (Å²) in [7, 11) is 2.99. The quantitative estimate of drug-likeness (QED) is 0.837. The molecule has 1 aromatic heterocycles. The maximum atomic E-state index is 14.3. The molecule has 2 rings (SSSR count). The minimum absolute atomic E-state index is 0.351. The van der Waals surface area contributed by atoms with Gasteiger partial charge in [0, 0.05) is 11.6 Å². The number of benzene rings is 1. The molecule has 0 aliphatic carbocycles. The van der Waals surface area contributed by atoms with Crippen molar-refractivity contribution >= 4 is 5.95 Å². The lowest BCUT2D eigenvalue weighted by Crippen LogP contribution is -2.14. The Hall–Kier alpha value is -2.44. The van der Waals surface area contributed by atoms with E-state index in [1.165, 1.54) is 20.3 Å². The zero-order valence-corrected chi connectivity index (χ0v) is 14.7. The van der Waals surface area contributed by atoms with E-state index in [1.54, 1.807) is 6.07 Å². The Labute approximate surface area is 141 Å². The van der Waals surface area contributed by atoms with E-state index in [9.17, 15) is 4.39 Å². The van der Waals surface area contributed by atoms with E-state index in [4.69, 9.17) is 9.47 Å². The second-order valence-electron chi connectivity index (χ2n) is 5.33. The van der Waals surface area contributed by atoms with E-state index in [2.05, 4.69) is 20.5 Å². The second-order valence-corrected chi connectivity index (χ2v) is 5.33. The summed E-state index contributed by atoms with van der Waals surface area (Å²) in [5.41, 5.74) is 2.22. The first kappa shape index (κ1) is 17.9. The first-order valence-corrected chi connectivity index (χ1v) is 7.94. The zero-order valence-electron chi connectivity index (χ0n) is 14.7. The first-order valence-electron chi connectivity index (χ1n) is 7.94. The summed E-state index contributed by atoms with van der Waals surface area (Å²) in [6.07, 6.45) is 1.55. The fraction of sp³-hybridized carbons (Fsp3) is 0.471. The van der Waals surface area contributed by atoms with Crippen LogP contribution in [0.1, 0.15) is 43.8 Å². The molecule has 1 unspecified atom stereocenters. The number of hydrogen-bond donors (Lipinski definition) is 1. The van der Waals surface area contributed by atoms with Gasteiger partial charge >= 0.3 is 0 Å². The third kappa shape index (κ3) is 3.72. The van der Waals surface area contributed by atoms with Crippen LogP contribution in [-0.4, -0.2) is 29.4 Å². The van der Waals surface area contributed by atoms with Crippen molar-refractivity contribution in [3.05, 3.63) is 34.9 Å². The molecule has 1 atom stereocenters. The predicted molar refractivity (Wildman–Crippen MR) is 90.1 cm³/mol. The van der Waals surface area contributed by atoms with Crippen LogP contribution >= 0.6 is 0 Å². The number of nitrogens with one attached hydrogen (secondary N) is 1. The number of methoxy groups -OCH3 is 2. The molecule has 1 aromatic carbocycles. The summed E-state index contributed by atoms with van der Waals surface area (Å²) >= 11 is 0. The summed E-state index contributed by atoms with van der Waals surface area (Å²) in [6.45, 7) is 5.86. The average Bonchev–Trinajstić information content (AvgIpc) is 2.60. The topological polar surface area (TPSA) is 69.2 Å². The number of aromatic nitrogens is 3. The van der Waals surface area contributed by atoms with Gasteiger partial charge in [0.1, 0.15) is 5.82 Å². The smallest absolute Gasteiger partial charge is 0.243 e. The lowest BCUT2D eigenvalue weighted by molar-refractivity contribution is 0.351. The number of aryl methyl sites for hydroxylation is 2. The Bertz CT molecular complexity index is 709. The summed E-state index contributed by atoms with van der Waals surface area (Å²) < 4.78 is 24.7. The molecular formula is C17H23FN4O2. The minimum Gasteiger partial charge on any atom is -0.493 e. The standard InChI is InChI=1S/C17H23FN4O2/c1-6-13-14(7-2)21-22-17(20-13)19-10(3)11-8-15(23-4)16(24-5)9-12(11)18/h8-10H,6-7H2,1-5H3,(H,19,20,22). The van der Waals surface area contributed by atoms with Crippen molar-refractivity contribution in [2.24, 2.45) is 0 Å².